The smallest absolute Gasteiger partial charge is 0.310 e. The van der Waals surface area contributed by atoms with E-state index in [1.165, 1.54) is 6.07 Å². The molecule has 0 bridgehead atoms. The lowest BCUT2D eigenvalue weighted by Gasteiger charge is -2.16. The Morgan fingerprint density at radius 3 is 2.40 bits per heavy atom. The van der Waals surface area contributed by atoms with Crippen molar-refractivity contribution in [1.29, 1.82) is 0 Å². The predicted molar refractivity (Wildman–Crippen MR) is 96.6 cm³/mol. The first-order valence-corrected chi connectivity index (χ1v) is 8.73. The van der Waals surface area contributed by atoms with Gasteiger partial charge in [-0.1, -0.05) is 32.9 Å². The first kappa shape index (κ1) is 19.0. The average molecular weight is 344 g/mol. The van der Waals surface area contributed by atoms with E-state index < -0.39 is 0 Å². The van der Waals surface area contributed by atoms with E-state index in [0.717, 1.165) is 29.5 Å². The molecular weight excluding hydrogens is 319 g/mol. The summed E-state index contributed by atoms with van der Waals surface area (Å²) in [5.41, 5.74) is 3.44. The number of hydrogen-bond donors (Lipinski definition) is 0. The van der Waals surface area contributed by atoms with Crippen LogP contribution in [0.25, 0.3) is 0 Å². The van der Waals surface area contributed by atoms with Crippen LogP contribution in [0.2, 0.25) is 0 Å². The number of carbonyl (C=O) groups is 1. The molecule has 0 fully saturated rings. The van der Waals surface area contributed by atoms with Crippen LogP contribution in [-0.4, -0.2) is 5.97 Å². The van der Waals surface area contributed by atoms with E-state index in [0.29, 0.717) is 23.5 Å². The fourth-order valence-corrected chi connectivity index (χ4v) is 2.68. The maximum atomic E-state index is 13.9. The molecule has 0 saturated heterocycles. The zero-order valence-electron chi connectivity index (χ0n) is 15.3. The van der Waals surface area contributed by atoms with Crippen molar-refractivity contribution >= 4 is 5.97 Å². The van der Waals surface area contributed by atoms with Crippen LogP contribution in [-0.2, 0) is 24.2 Å². The summed E-state index contributed by atoms with van der Waals surface area (Å²) in [6, 6.07) is 8.86. The maximum Gasteiger partial charge on any atom is 0.310 e. The van der Waals surface area contributed by atoms with Gasteiger partial charge in [0.05, 0.1) is 0 Å². The van der Waals surface area contributed by atoms with Crippen molar-refractivity contribution in [3.8, 4) is 11.5 Å². The Kier molecular flexibility index (Phi) is 6.57. The molecule has 134 valence electrons. The molecule has 0 N–H and O–H groups in total. The van der Waals surface area contributed by atoms with Gasteiger partial charge in [-0.15, -0.1) is 0 Å². The third-order valence-corrected chi connectivity index (χ3v) is 4.22. The molecule has 0 unspecified atom stereocenters. The monoisotopic (exact) mass is 344 g/mol. The molecular formula is C21H25FO3. The van der Waals surface area contributed by atoms with Crippen molar-refractivity contribution in [3.63, 3.8) is 0 Å². The Morgan fingerprint density at radius 2 is 1.76 bits per heavy atom. The minimum atomic E-state index is -0.287. The molecule has 0 aliphatic rings. The largest absolute Gasteiger partial charge is 0.488 e. The molecule has 0 aliphatic carbocycles. The topological polar surface area (TPSA) is 35.5 Å². The number of ether oxygens (including phenoxy) is 2. The highest BCUT2D eigenvalue weighted by Gasteiger charge is 2.14. The molecule has 0 atom stereocenters. The summed E-state index contributed by atoms with van der Waals surface area (Å²) in [6.45, 7) is 7.77. The number of carbonyl (C=O) groups excluding carboxylic acids is 1. The van der Waals surface area contributed by atoms with Gasteiger partial charge in [-0.25, -0.2) is 4.39 Å². The van der Waals surface area contributed by atoms with Crippen molar-refractivity contribution in [1.82, 2.24) is 0 Å². The van der Waals surface area contributed by atoms with E-state index in [9.17, 15) is 9.18 Å². The lowest BCUT2D eigenvalue weighted by atomic mass is 10.0. The van der Waals surface area contributed by atoms with Crippen LogP contribution in [0.1, 0.15) is 49.4 Å². The third-order valence-electron chi connectivity index (χ3n) is 4.22. The molecule has 25 heavy (non-hydrogen) atoms. The van der Waals surface area contributed by atoms with Gasteiger partial charge in [0.25, 0.3) is 0 Å². The Balaban J connectivity index is 2.31. The number of halogens is 1. The number of esters is 1. The van der Waals surface area contributed by atoms with Gasteiger partial charge in [0.15, 0.2) is 0 Å². The van der Waals surface area contributed by atoms with Crippen molar-refractivity contribution < 1.29 is 18.7 Å². The standard InChI is InChI=1S/C21H25FO3/c1-5-15-9-8-10-19(25-21(23)7-3)17(15)13-24-20-12-18(22)14(4)11-16(20)6-2/h8-12H,5-7,13H2,1-4H3. The highest BCUT2D eigenvalue weighted by atomic mass is 19.1. The number of aryl methyl sites for hydroxylation is 3. The first-order valence-electron chi connectivity index (χ1n) is 8.73. The first-order chi connectivity index (χ1) is 12.0. The minimum absolute atomic E-state index is 0.228. The highest BCUT2D eigenvalue weighted by molar-refractivity contribution is 5.72. The Bertz CT molecular complexity index is 753. The van der Waals surface area contributed by atoms with Crippen molar-refractivity contribution in [2.24, 2.45) is 0 Å². The third kappa shape index (κ3) is 4.59. The number of rotatable bonds is 7. The molecule has 2 aromatic rings. The van der Waals surface area contributed by atoms with Crippen LogP contribution < -0.4 is 9.47 Å². The fourth-order valence-electron chi connectivity index (χ4n) is 2.68. The average Bonchev–Trinajstić information content (AvgIpc) is 2.62. The van der Waals surface area contributed by atoms with Crippen LogP contribution in [0, 0.1) is 12.7 Å². The molecule has 2 aromatic carbocycles. The number of benzene rings is 2. The van der Waals surface area contributed by atoms with Gasteiger partial charge in [0.2, 0.25) is 0 Å². The van der Waals surface area contributed by atoms with Gasteiger partial charge >= 0.3 is 5.97 Å². The molecule has 4 heteroatoms. The Labute approximate surface area is 148 Å². The lowest BCUT2D eigenvalue weighted by molar-refractivity contribution is -0.134. The summed E-state index contributed by atoms with van der Waals surface area (Å²) < 4.78 is 25.3. The quantitative estimate of drug-likeness (QED) is 0.514. The second-order valence-corrected chi connectivity index (χ2v) is 5.93. The molecule has 0 heterocycles. The van der Waals surface area contributed by atoms with E-state index in [-0.39, 0.29) is 18.4 Å². The Morgan fingerprint density at radius 1 is 1.04 bits per heavy atom. The molecule has 0 radical (unpaired) electrons. The molecule has 2 rings (SSSR count). The van der Waals surface area contributed by atoms with Crippen molar-refractivity contribution in [2.75, 3.05) is 0 Å². The second kappa shape index (κ2) is 8.65. The summed E-state index contributed by atoms with van der Waals surface area (Å²) in [6.07, 6.45) is 1.85. The van der Waals surface area contributed by atoms with Gasteiger partial charge < -0.3 is 9.47 Å². The predicted octanol–water partition coefficient (Wildman–Crippen LogP) is 5.15. The van der Waals surface area contributed by atoms with E-state index in [2.05, 4.69) is 0 Å². The number of hydrogen-bond acceptors (Lipinski definition) is 3. The summed E-state index contributed by atoms with van der Waals surface area (Å²) in [5.74, 6) is 0.472. The van der Waals surface area contributed by atoms with E-state index in [4.69, 9.17) is 9.47 Å². The molecule has 0 saturated carbocycles. The van der Waals surface area contributed by atoms with Gasteiger partial charge in [0, 0.05) is 18.1 Å². The second-order valence-electron chi connectivity index (χ2n) is 5.93. The maximum absolute atomic E-state index is 13.9. The molecule has 0 aromatic heterocycles. The van der Waals surface area contributed by atoms with E-state index in [1.54, 1.807) is 19.9 Å². The minimum Gasteiger partial charge on any atom is -0.488 e. The van der Waals surface area contributed by atoms with Crippen molar-refractivity contribution in [3.05, 3.63) is 58.4 Å². The summed E-state index contributed by atoms with van der Waals surface area (Å²) in [7, 11) is 0. The molecule has 0 aliphatic heterocycles. The van der Waals surface area contributed by atoms with Gasteiger partial charge in [-0.3, -0.25) is 4.79 Å². The van der Waals surface area contributed by atoms with Gasteiger partial charge in [-0.05, 0) is 48.6 Å². The zero-order valence-corrected chi connectivity index (χ0v) is 15.3. The fraction of sp³-hybridized carbons (Fsp3) is 0.381. The van der Waals surface area contributed by atoms with E-state index in [1.807, 2.05) is 32.0 Å². The lowest BCUT2D eigenvalue weighted by Crippen LogP contribution is -2.10. The van der Waals surface area contributed by atoms with Crippen LogP contribution in [0.15, 0.2) is 30.3 Å². The van der Waals surface area contributed by atoms with Gasteiger partial charge in [-0.2, -0.15) is 0 Å². The summed E-state index contributed by atoms with van der Waals surface area (Å²) in [4.78, 5) is 11.7. The van der Waals surface area contributed by atoms with Crippen LogP contribution in [0.5, 0.6) is 11.5 Å². The van der Waals surface area contributed by atoms with Crippen LogP contribution in [0.3, 0.4) is 0 Å². The molecule has 0 spiro atoms. The zero-order chi connectivity index (χ0) is 18.4. The summed E-state index contributed by atoms with van der Waals surface area (Å²) in [5, 5.41) is 0. The normalized spacial score (nSPS) is 10.6. The summed E-state index contributed by atoms with van der Waals surface area (Å²) >= 11 is 0. The molecule has 3 nitrogen and oxygen atoms in total. The van der Waals surface area contributed by atoms with Crippen LogP contribution in [0.4, 0.5) is 4.39 Å². The van der Waals surface area contributed by atoms with E-state index >= 15 is 0 Å². The van der Waals surface area contributed by atoms with Crippen molar-refractivity contribution in [2.45, 2.75) is 53.6 Å². The Hall–Kier alpha value is -2.36. The van der Waals surface area contributed by atoms with Gasteiger partial charge in [0.1, 0.15) is 23.9 Å². The SMILES string of the molecule is CCC(=O)Oc1cccc(CC)c1COc1cc(F)c(C)cc1CC. The molecule has 0 amide bonds. The van der Waals surface area contributed by atoms with Crippen LogP contribution >= 0.6 is 0 Å². The highest BCUT2D eigenvalue weighted by Crippen LogP contribution is 2.28.